The van der Waals surface area contributed by atoms with Crippen LogP contribution in [0, 0.1) is 5.41 Å². The Labute approximate surface area is 123 Å². The number of hydrogen-bond acceptors (Lipinski definition) is 3. The molecule has 1 saturated carbocycles. The van der Waals surface area contributed by atoms with E-state index in [1.165, 1.54) is 0 Å². The summed E-state index contributed by atoms with van der Waals surface area (Å²) in [5, 5.41) is 11.7. The van der Waals surface area contributed by atoms with Crippen molar-refractivity contribution in [2.45, 2.75) is 43.3 Å². The second-order valence-corrected chi connectivity index (χ2v) is 7.98. The number of carbonyl (C=O) groups excluding carboxylic acids is 1. The number of nitrogens with one attached hydrogen (secondary N) is 1. The maximum atomic E-state index is 12.0. The molecule has 1 aromatic carbocycles. The zero-order valence-corrected chi connectivity index (χ0v) is 12.7. The van der Waals surface area contributed by atoms with Crippen LogP contribution in [-0.4, -0.2) is 21.7 Å². The van der Waals surface area contributed by atoms with Gasteiger partial charge in [-0.25, -0.2) is 0 Å². The van der Waals surface area contributed by atoms with Crippen molar-refractivity contribution in [2.75, 3.05) is 5.32 Å². The summed E-state index contributed by atoms with van der Waals surface area (Å²) in [5.41, 5.74) is -0.556. The Morgan fingerprint density at radius 2 is 1.75 bits per heavy atom. The van der Waals surface area contributed by atoms with E-state index in [4.69, 9.17) is 5.11 Å². The molecule has 108 valence electrons. The number of carbonyl (C=O) groups is 2. The van der Waals surface area contributed by atoms with Gasteiger partial charge in [0, 0.05) is 15.3 Å². The van der Waals surface area contributed by atoms with Crippen LogP contribution in [0.3, 0.4) is 0 Å². The third-order valence-electron chi connectivity index (χ3n) is 3.13. The molecule has 2 N–H and O–H groups in total. The second kappa shape index (κ2) is 5.13. The maximum absolute atomic E-state index is 12.0. The Hall–Kier alpha value is -1.49. The van der Waals surface area contributed by atoms with Gasteiger partial charge in [0.2, 0.25) is 5.91 Å². The minimum atomic E-state index is -1.20. The van der Waals surface area contributed by atoms with Gasteiger partial charge in [-0.05, 0) is 37.1 Å². The van der Waals surface area contributed by atoms with Gasteiger partial charge in [0.1, 0.15) is 5.41 Å². The summed E-state index contributed by atoms with van der Waals surface area (Å²) >= 11 is 1.74. The summed E-state index contributed by atoms with van der Waals surface area (Å²) in [6.07, 6.45) is 0.845. The molecule has 0 heterocycles. The first kappa shape index (κ1) is 14.9. The lowest BCUT2D eigenvalue weighted by atomic mass is 10.1. The van der Waals surface area contributed by atoms with Gasteiger partial charge in [0.15, 0.2) is 0 Å². The highest BCUT2D eigenvalue weighted by Crippen LogP contribution is 2.46. The summed E-state index contributed by atoms with van der Waals surface area (Å²) in [4.78, 5) is 24.1. The number of amides is 1. The lowest BCUT2D eigenvalue weighted by Gasteiger charge is -2.17. The van der Waals surface area contributed by atoms with Crippen molar-refractivity contribution in [3.05, 3.63) is 24.3 Å². The van der Waals surface area contributed by atoms with Gasteiger partial charge in [-0.2, -0.15) is 0 Å². The fraction of sp³-hybridized carbons (Fsp3) is 0.467. The normalized spacial score (nSPS) is 16.6. The summed E-state index contributed by atoms with van der Waals surface area (Å²) in [6, 6.07) is 7.49. The predicted octanol–water partition coefficient (Wildman–Crippen LogP) is 3.38. The second-order valence-electron chi connectivity index (χ2n) is 6.08. The van der Waals surface area contributed by atoms with Gasteiger partial charge in [-0.1, -0.05) is 20.8 Å². The summed E-state index contributed by atoms with van der Waals surface area (Å²) in [7, 11) is 0. The SMILES string of the molecule is CC(C)(C)Sc1ccc(NC(=O)C2(C(=O)O)CC2)cc1. The van der Waals surface area contributed by atoms with Gasteiger partial charge >= 0.3 is 5.97 Å². The number of benzene rings is 1. The van der Waals surface area contributed by atoms with Crippen molar-refractivity contribution in [1.29, 1.82) is 0 Å². The minimum Gasteiger partial charge on any atom is -0.480 e. The molecular weight excluding hydrogens is 274 g/mol. The molecule has 0 spiro atoms. The van der Waals surface area contributed by atoms with E-state index < -0.39 is 17.3 Å². The van der Waals surface area contributed by atoms with Crippen molar-refractivity contribution in [3.8, 4) is 0 Å². The van der Waals surface area contributed by atoms with E-state index in [1.54, 1.807) is 11.8 Å². The van der Waals surface area contributed by atoms with E-state index in [2.05, 4.69) is 26.1 Å². The first-order chi connectivity index (χ1) is 9.23. The van der Waals surface area contributed by atoms with Crippen LogP contribution in [0.25, 0.3) is 0 Å². The lowest BCUT2D eigenvalue weighted by molar-refractivity contribution is -0.147. The van der Waals surface area contributed by atoms with E-state index in [0.717, 1.165) is 4.90 Å². The van der Waals surface area contributed by atoms with Gasteiger partial charge < -0.3 is 10.4 Å². The molecule has 0 atom stereocenters. The Bertz CT molecular complexity index is 527. The van der Waals surface area contributed by atoms with Crippen LogP contribution in [-0.2, 0) is 9.59 Å². The Balaban J connectivity index is 2.01. The number of anilines is 1. The molecule has 0 saturated heterocycles. The van der Waals surface area contributed by atoms with Crippen LogP contribution in [0.15, 0.2) is 29.2 Å². The molecule has 4 nitrogen and oxygen atoms in total. The Kier molecular flexibility index (Phi) is 3.82. The molecule has 1 fully saturated rings. The van der Waals surface area contributed by atoms with E-state index in [9.17, 15) is 9.59 Å². The third kappa shape index (κ3) is 3.33. The summed E-state index contributed by atoms with van der Waals surface area (Å²) in [6.45, 7) is 6.41. The van der Waals surface area contributed by atoms with Crippen molar-refractivity contribution >= 4 is 29.3 Å². The van der Waals surface area contributed by atoms with Crippen LogP contribution >= 0.6 is 11.8 Å². The van der Waals surface area contributed by atoms with Crippen LogP contribution in [0.5, 0.6) is 0 Å². The molecule has 1 amide bonds. The highest BCUT2D eigenvalue weighted by atomic mass is 32.2. The van der Waals surface area contributed by atoms with Crippen molar-refractivity contribution < 1.29 is 14.7 Å². The minimum absolute atomic E-state index is 0.131. The zero-order chi connectivity index (χ0) is 15.0. The maximum Gasteiger partial charge on any atom is 0.319 e. The van der Waals surface area contributed by atoms with Gasteiger partial charge in [0.05, 0.1) is 0 Å². The molecule has 2 rings (SSSR count). The van der Waals surface area contributed by atoms with E-state index in [1.807, 2.05) is 24.3 Å². The molecule has 0 bridgehead atoms. The standard InChI is InChI=1S/C15H19NO3S/c1-14(2,3)20-11-6-4-10(5-7-11)16-12(17)15(8-9-15)13(18)19/h4-7H,8-9H2,1-3H3,(H,16,17)(H,18,19). The number of carboxylic acids is 1. The van der Waals surface area contributed by atoms with E-state index in [-0.39, 0.29) is 4.75 Å². The smallest absolute Gasteiger partial charge is 0.319 e. The zero-order valence-electron chi connectivity index (χ0n) is 11.9. The quantitative estimate of drug-likeness (QED) is 0.659. The van der Waals surface area contributed by atoms with Gasteiger partial charge in [-0.3, -0.25) is 9.59 Å². The van der Waals surface area contributed by atoms with Gasteiger partial charge in [0.25, 0.3) is 0 Å². The van der Waals surface area contributed by atoms with Crippen LogP contribution in [0.4, 0.5) is 5.69 Å². The molecule has 0 radical (unpaired) electrons. The van der Waals surface area contributed by atoms with E-state index >= 15 is 0 Å². The summed E-state index contributed by atoms with van der Waals surface area (Å²) in [5.74, 6) is -1.45. The number of carboxylic acid groups (broad SMARTS) is 1. The van der Waals surface area contributed by atoms with Crippen LogP contribution in [0.1, 0.15) is 33.6 Å². The number of hydrogen-bond donors (Lipinski definition) is 2. The molecule has 1 aromatic rings. The lowest BCUT2D eigenvalue weighted by Crippen LogP contribution is -2.31. The van der Waals surface area contributed by atoms with Crippen molar-refractivity contribution in [2.24, 2.45) is 5.41 Å². The average Bonchev–Trinajstić information content (AvgIpc) is 3.11. The summed E-state index contributed by atoms with van der Waals surface area (Å²) < 4.78 is 0.131. The van der Waals surface area contributed by atoms with E-state index in [0.29, 0.717) is 18.5 Å². The average molecular weight is 293 g/mol. The highest BCUT2D eigenvalue weighted by Gasteiger charge is 2.57. The Morgan fingerprint density at radius 1 is 1.20 bits per heavy atom. The third-order valence-corrected chi connectivity index (χ3v) is 4.25. The van der Waals surface area contributed by atoms with Gasteiger partial charge in [-0.15, -0.1) is 11.8 Å². The molecule has 0 unspecified atom stereocenters. The number of rotatable bonds is 4. The fourth-order valence-corrected chi connectivity index (χ4v) is 2.85. The molecule has 0 aliphatic heterocycles. The molecule has 0 aromatic heterocycles. The first-order valence-corrected chi connectivity index (χ1v) is 7.39. The predicted molar refractivity (Wildman–Crippen MR) is 80.0 cm³/mol. The molecule has 20 heavy (non-hydrogen) atoms. The number of aliphatic carboxylic acids is 1. The fourth-order valence-electron chi connectivity index (χ4n) is 1.87. The highest BCUT2D eigenvalue weighted by molar-refractivity contribution is 8.00. The Morgan fingerprint density at radius 3 is 2.15 bits per heavy atom. The topological polar surface area (TPSA) is 66.4 Å². The van der Waals surface area contributed by atoms with Crippen molar-refractivity contribution in [3.63, 3.8) is 0 Å². The molecule has 1 aliphatic carbocycles. The largest absolute Gasteiger partial charge is 0.480 e. The van der Waals surface area contributed by atoms with Crippen LogP contribution < -0.4 is 5.32 Å². The number of thioether (sulfide) groups is 1. The molecular formula is C15H19NO3S. The molecule has 5 heteroatoms. The van der Waals surface area contributed by atoms with Crippen molar-refractivity contribution in [1.82, 2.24) is 0 Å². The monoisotopic (exact) mass is 293 g/mol. The first-order valence-electron chi connectivity index (χ1n) is 6.57. The van der Waals surface area contributed by atoms with Crippen LogP contribution in [0.2, 0.25) is 0 Å². The molecule has 1 aliphatic rings.